The topological polar surface area (TPSA) is 109 Å². The highest BCUT2D eigenvalue weighted by atomic mass is 32.2. The Hall–Kier alpha value is -2.52. The van der Waals surface area contributed by atoms with Gasteiger partial charge in [0.2, 0.25) is 11.8 Å². The summed E-state index contributed by atoms with van der Waals surface area (Å²) >= 11 is 1.33. The lowest BCUT2D eigenvalue weighted by Gasteiger charge is -2.07. The second-order valence-corrected chi connectivity index (χ2v) is 7.76. The van der Waals surface area contributed by atoms with Crippen LogP contribution in [0.25, 0.3) is 0 Å². The van der Waals surface area contributed by atoms with E-state index in [0.717, 1.165) is 6.92 Å². The molecule has 0 radical (unpaired) electrons. The van der Waals surface area contributed by atoms with Gasteiger partial charge in [-0.15, -0.1) is 11.3 Å². The second-order valence-electron chi connectivity index (χ2n) is 5.13. The van der Waals surface area contributed by atoms with E-state index in [1.54, 1.807) is 17.5 Å². The van der Waals surface area contributed by atoms with Crippen LogP contribution in [0.5, 0.6) is 0 Å². The fraction of sp³-hybridized carbons (Fsp3) is 0.188. The van der Waals surface area contributed by atoms with E-state index in [1.807, 2.05) is 4.72 Å². The number of benzene rings is 1. The zero-order chi connectivity index (χ0) is 18.4. The molecule has 0 spiro atoms. The van der Waals surface area contributed by atoms with Crippen LogP contribution in [-0.4, -0.2) is 26.0 Å². The van der Waals surface area contributed by atoms with Crippen LogP contribution in [0.4, 0.5) is 5.69 Å². The zero-order valence-corrected chi connectivity index (χ0v) is 14.9. The molecule has 2 rings (SSSR count). The summed E-state index contributed by atoms with van der Waals surface area (Å²) in [6.07, 6.45) is 0.129. The van der Waals surface area contributed by atoms with Crippen LogP contribution in [0.3, 0.4) is 0 Å². The Morgan fingerprint density at radius 3 is 2.28 bits per heavy atom. The normalized spacial score (nSPS) is 10.9. The van der Waals surface area contributed by atoms with Crippen molar-refractivity contribution in [3.05, 3.63) is 46.7 Å². The molecule has 7 nitrogen and oxygen atoms in total. The van der Waals surface area contributed by atoms with Gasteiger partial charge in [-0.3, -0.25) is 14.4 Å². The van der Waals surface area contributed by atoms with Gasteiger partial charge >= 0.3 is 0 Å². The largest absolute Gasteiger partial charge is 0.326 e. The Labute approximate surface area is 149 Å². The Morgan fingerprint density at radius 1 is 1.04 bits per heavy atom. The van der Waals surface area contributed by atoms with E-state index in [2.05, 4.69) is 5.32 Å². The highest BCUT2D eigenvalue weighted by molar-refractivity contribution is 7.90. The average Bonchev–Trinajstić information content (AvgIpc) is 3.06. The number of carbonyl (C=O) groups is 3. The quantitative estimate of drug-likeness (QED) is 0.716. The van der Waals surface area contributed by atoms with Gasteiger partial charge in [0, 0.05) is 25.5 Å². The van der Waals surface area contributed by atoms with Crippen LogP contribution < -0.4 is 10.0 Å². The van der Waals surface area contributed by atoms with Crippen LogP contribution in [0.1, 0.15) is 29.4 Å². The smallest absolute Gasteiger partial charge is 0.264 e. The molecule has 132 valence electrons. The maximum Gasteiger partial charge on any atom is 0.264 e. The van der Waals surface area contributed by atoms with Gasteiger partial charge in [-0.2, -0.15) is 0 Å². The van der Waals surface area contributed by atoms with Gasteiger partial charge in [-0.05, 0) is 35.7 Å². The maximum absolute atomic E-state index is 11.9. The average molecular weight is 380 g/mol. The zero-order valence-electron chi connectivity index (χ0n) is 13.3. The summed E-state index contributed by atoms with van der Waals surface area (Å²) in [5.74, 6) is -1.13. The van der Waals surface area contributed by atoms with Crippen LogP contribution in [0.15, 0.2) is 46.7 Å². The molecule has 0 bridgehead atoms. The van der Waals surface area contributed by atoms with Gasteiger partial charge in [-0.25, -0.2) is 13.1 Å². The summed E-state index contributed by atoms with van der Waals surface area (Å²) in [6.45, 7) is 1.10. The molecule has 25 heavy (non-hydrogen) atoms. The van der Waals surface area contributed by atoms with Crippen molar-refractivity contribution < 1.29 is 22.8 Å². The van der Waals surface area contributed by atoms with Crippen LogP contribution in [0.2, 0.25) is 0 Å². The molecule has 0 saturated heterocycles. The first-order chi connectivity index (χ1) is 11.8. The van der Waals surface area contributed by atoms with Gasteiger partial charge in [0.25, 0.3) is 10.0 Å². The number of amides is 2. The highest BCUT2D eigenvalue weighted by Gasteiger charge is 2.15. The molecule has 1 heterocycles. The van der Waals surface area contributed by atoms with Gasteiger partial charge in [-0.1, -0.05) is 6.07 Å². The summed E-state index contributed by atoms with van der Waals surface area (Å²) in [5.41, 5.74) is 0.398. The van der Waals surface area contributed by atoms with Gasteiger partial charge in [0.05, 0.1) is 9.77 Å². The van der Waals surface area contributed by atoms with Crippen molar-refractivity contribution in [2.75, 3.05) is 5.32 Å². The second kappa shape index (κ2) is 8.04. The molecule has 1 aromatic heterocycles. The third-order valence-electron chi connectivity index (χ3n) is 3.10. The number of Topliss-reactive ketones (excluding diaryl/α,β-unsaturated/α-hetero) is 1. The van der Waals surface area contributed by atoms with E-state index < -0.39 is 15.9 Å². The van der Waals surface area contributed by atoms with Crippen molar-refractivity contribution >= 4 is 44.6 Å². The minimum absolute atomic E-state index is 0.0304. The Morgan fingerprint density at radius 2 is 1.72 bits per heavy atom. The van der Waals surface area contributed by atoms with Crippen molar-refractivity contribution in [1.29, 1.82) is 0 Å². The summed E-state index contributed by atoms with van der Waals surface area (Å²) < 4.78 is 25.5. The first kappa shape index (κ1) is 18.8. The van der Waals surface area contributed by atoms with E-state index in [-0.39, 0.29) is 29.4 Å². The summed E-state index contributed by atoms with van der Waals surface area (Å²) in [6, 6.07) is 8.85. The number of sulfonamides is 1. The molecule has 1 aromatic carbocycles. The molecule has 0 aliphatic heterocycles. The third-order valence-corrected chi connectivity index (χ3v) is 5.46. The number of carbonyl (C=O) groups excluding carboxylic acids is 3. The minimum Gasteiger partial charge on any atom is -0.326 e. The van der Waals surface area contributed by atoms with E-state index in [9.17, 15) is 22.8 Å². The molecule has 0 atom stereocenters. The van der Waals surface area contributed by atoms with Crippen molar-refractivity contribution in [2.45, 2.75) is 24.7 Å². The van der Waals surface area contributed by atoms with Crippen LogP contribution in [-0.2, 0) is 19.6 Å². The number of thiophene rings is 1. The molecule has 2 aromatic rings. The number of nitrogens with one attached hydrogen (secondary N) is 2. The van der Waals surface area contributed by atoms with E-state index in [1.165, 1.54) is 35.6 Å². The van der Waals surface area contributed by atoms with Gasteiger partial charge in [0.1, 0.15) is 0 Å². The lowest BCUT2D eigenvalue weighted by molar-refractivity contribution is -0.117. The predicted molar refractivity (Wildman–Crippen MR) is 94.0 cm³/mol. The van der Waals surface area contributed by atoms with Gasteiger partial charge < -0.3 is 5.32 Å². The summed E-state index contributed by atoms with van der Waals surface area (Å²) in [4.78, 5) is 35.1. The molecule has 0 aliphatic carbocycles. The number of anilines is 1. The molecule has 0 unspecified atom stereocenters. The van der Waals surface area contributed by atoms with Crippen molar-refractivity contribution in [3.63, 3.8) is 0 Å². The molecule has 2 N–H and O–H groups in total. The maximum atomic E-state index is 11.9. The molecular formula is C16H16N2O5S2. The standard InChI is InChI=1S/C16H16N2O5S2/c1-11(19)18-25(22,23)13-6-4-12(5-7-13)17-16(21)9-8-14(20)15-3-2-10-24-15/h2-7,10H,8-9H2,1H3,(H,17,21)(H,18,19). The monoisotopic (exact) mass is 380 g/mol. The third kappa shape index (κ3) is 5.50. The molecule has 9 heteroatoms. The van der Waals surface area contributed by atoms with E-state index in [4.69, 9.17) is 0 Å². The van der Waals surface area contributed by atoms with Crippen molar-refractivity contribution in [2.24, 2.45) is 0 Å². The molecular weight excluding hydrogens is 364 g/mol. The lowest BCUT2D eigenvalue weighted by Crippen LogP contribution is -2.28. The SMILES string of the molecule is CC(=O)NS(=O)(=O)c1ccc(NC(=O)CCC(=O)c2cccs2)cc1. The van der Waals surface area contributed by atoms with Crippen molar-refractivity contribution in [1.82, 2.24) is 4.72 Å². The Kier molecular flexibility index (Phi) is 6.05. The van der Waals surface area contributed by atoms with Crippen LogP contribution in [0, 0.1) is 0 Å². The molecule has 2 amide bonds. The predicted octanol–water partition coefficient (Wildman–Crippen LogP) is 2.17. The molecule has 0 saturated carbocycles. The number of hydrogen-bond acceptors (Lipinski definition) is 6. The fourth-order valence-electron chi connectivity index (χ4n) is 1.98. The summed E-state index contributed by atoms with van der Waals surface area (Å²) in [5, 5.41) is 4.39. The first-order valence-corrected chi connectivity index (χ1v) is 9.64. The Balaban J connectivity index is 1.91. The molecule has 0 fully saturated rings. The first-order valence-electron chi connectivity index (χ1n) is 7.28. The van der Waals surface area contributed by atoms with Gasteiger partial charge in [0.15, 0.2) is 5.78 Å². The summed E-state index contributed by atoms with van der Waals surface area (Å²) in [7, 11) is -3.91. The van der Waals surface area contributed by atoms with Crippen LogP contribution >= 0.6 is 11.3 Å². The highest BCUT2D eigenvalue weighted by Crippen LogP contribution is 2.15. The van der Waals surface area contributed by atoms with E-state index >= 15 is 0 Å². The lowest BCUT2D eigenvalue weighted by atomic mass is 10.2. The number of ketones is 1. The van der Waals surface area contributed by atoms with Crippen molar-refractivity contribution in [3.8, 4) is 0 Å². The molecule has 0 aliphatic rings. The number of rotatable bonds is 7. The fourth-order valence-corrected chi connectivity index (χ4v) is 3.66. The van der Waals surface area contributed by atoms with E-state index in [0.29, 0.717) is 10.6 Å². The minimum atomic E-state index is -3.91. The number of hydrogen-bond donors (Lipinski definition) is 2. The Bertz CT molecular complexity index is 872.